The number of likely N-dealkylation sites (tertiary alicyclic amines) is 1. The molecule has 0 spiro atoms. The molecule has 1 heterocycles. The van der Waals surface area contributed by atoms with Crippen LogP contribution in [-0.2, 0) is 33.4 Å². The number of hydrogen-bond donors (Lipinski definition) is 4. The molecule has 0 radical (unpaired) electrons. The van der Waals surface area contributed by atoms with Crippen molar-refractivity contribution in [3.63, 3.8) is 0 Å². The number of imide groups is 1. The van der Waals surface area contributed by atoms with Crippen molar-refractivity contribution in [2.24, 2.45) is 0 Å². The second kappa shape index (κ2) is 35.8. The average Bonchev–Trinajstić information content (AvgIpc) is 3.36. The third kappa shape index (κ3) is 25.6. The second-order valence-electron chi connectivity index (χ2n) is 7.97. The molecule has 6 amide bonds. The van der Waals surface area contributed by atoms with Crippen LogP contribution in [0.2, 0.25) is 0 Å². The van der Waals surface area contributed by atoms with E-state index in [-0.39, 0.29) is 76.8 Å². The van der Waals surface area contributed by atoms with Gasteiger partial charge in [-0.15, -0.1) is 0 Å². The first-order valence-electron chi connectivity index (χ1n) is 12.9. The molecule has 0 aliphatic carbocycles. The Hall–Kier alpha value is -3.70. The molecule has 1 aliphatic rings. The van der Waals surface area contributed by atoms with Crippen LogP contribution in [0, 0.1) is 0 Å². The molecule has 0 aromatic heterocycles. The van der Waals surface area contributed by atoms with Gasteiger partial charge < -0.3 is 35.5 Å². The number of carbonyl (C=O) groups is 6. The van der Waals surface area contributed by atoms with E-state index in [1.165, 1.54) is 0 Å². The van der Waals surface area contributed by atoms with Crippen molar-refractivity contribution in [2.75, 3.05) is 52.5 Å². The minimum Gasteiger partial charge on any atom is -0.447 e. The second-order valence-corrected chi connectivity index (χ2v) is 8.72. The highest BCUT2D eigenvalue weighted by Crippen LogP contribution is 2.25. The summed E-state index contributed by atoms with van der Waals surface area (Å²) in [4.78, 5) is 71.3. The Kier molecular flexibility index (Phi) is 38.3. The molecular formula is C22H36F9N5O9S. The Morgan fingerprint density at radius 1 is 0.804 bits per heavy atom. The molecule has 1 aliphatic heterocycles. The topological polar surface area (TPSA) is 181 Å². The maximum atomic E-state index is 12.6. The smallest absolute Gasteiger partial charge is 0.407 e. The molecular weight excluding hydrogens is 681 g/mol. The van der Waals surface area contributed by atoms with Crippen LogP contribution in [0.1, 0.15) is 39.5 Å². The lowest BCUT2D eigenvalue weighted by molar-refractivity contribution is -0.138. The lowest BCUT2D eigenvalue weighted by atomic mass is 10.3. The van der Waals surface area contributed by atoms with Gasteiger partial charge in [-0.25, -0.2) is 9.59 Å². The van der Waals surface area contributed by atoms with Crippen molar-refractivity contribution < 1.29 is 83.5 Å². The lowest BCUT2D eigenvalue weighted by Crippen LogP contribution is -2.38. The van der Waals surface area contributed by atoms with Gasteiger partial charge in [0.1, 0.15) is 24.6 Å². The Labute approximate surface area is 261 Å². The third-order valence-corrected chi connectivity index (χ3v) is 5.57. The molecule has 0 aromatic rings. The number of rotatable bonds is 18. The van der Waals surface area contributed by atoms with Crippen LogP contribution in [0.15, 0.2) is 0 Å². The number of nitrogens with zero attached hydrogens (tertiary/aromatic N) is 1. The van der Waals surface area contributed by atoms with Crippen LogP contribution >= 0.6 is 12.1 Å². The summed E-state index contributed by atoms with van der Waals surface area (Å²) in [5.74, 6) is -1.84. The number of amides is 6. The maximum absolute atomic E-state index is 12.6. The minimum absolute atomic E-state index is 0.124. The van der Waals surface area contributed by atoms with Crippen molar-refractivity contribution in [2.45, 2.75) is 50.9 Å². The minimum atomic E-state index is -1.04. The van der Waals surface area contributed by atoms with Crippen LogP contribution in [0.4, 0.5) is 50.1 Å². The number of alkyl carbamates (subject to hydrolysis) is 2. The first-order chi connectivity index (χ1) is 22.2. The van der Waals surface area contributed by atoms with Gasteiger partial charge in [0, 0.05) is 88.8 Å². The van der Waals surface area contributed by atoms with Gasteiger partial charge in [0.2, 0.25) is 23.6 Å². The van der Waals surface area contributed by atoms with E-state index in [2.05, 4.69) is 21.3 Å². The zero-order valence-electron chi connectivity index (χ0n) is 24.6. The van der Waals surface area contributed by atoms with Gasteiger partial charge >= 0.3 is 12.2 Å². The average molecular weight is 718 g/mol. The number of halogens is 9. The third-order valence-electron chi connectivity index (χ3n) is 4.99. The van der Waals surface area contributed by atoms with Crippen LogP contribution in [0.5, 0.6) is 0 Å². The van der Waals surface area contributed by atoms with Gasteiger partial charge in [0.25, 0.3) is 0 Å². The summed E-state index contributed by atoms with van der Waals surface area (Å²) in [6.07, 6.45) is -1.85. The van der Waals surface area contributed by atoms with Gasteiger partial charge in [-0.2, -0.15) is 3.89 Å². The Morgan fingerprint density at radius 3 is 1.67 bits per heavy atom. The molecule has 1 saturated heterocycles. The van der Waals surface area contributed by atoms with Gasteiger partial charge in [0.15, 0.2) is 0 Å². The van der Waals surface area contributed by atoms with Crippen molar-refractivity contribution in [3.05, 3.63) is 0 Å². The SMILES string of the molecule is CCNC(=O)OCC(COC(=O)NCC)OCCCC(=O)NCCNC(=O)CCN1C(=O)CC(SF)C1=O.FF.FF.FF.FF. The number of hydrogen-bond acceptors (Lipinski definition) is 10. The number of nitrogens with one attached hydrogen (secondary N) is 4. The predicted octanol–water partition coefficient (Wildman–Crippen LogP) is 3.37. The first-order valence-corrected chi connectivity index (χ1v) is 13.6. The molecule has 4 N–H and O–H groups in total. The quantitative estimate of drug-likeness (QED) is 0.0933. The van der Waals surface area contributed by atoms with Crippen LogP contribution in [0.25, 0.3) is 0 Å². The first kappa shape index (κ1) is 49.2. The molecule has 1 unspecified atom stereocenters. The molecule has 0 saturated carbocycles. The molecule has 1 rings (SSSR count). The molecule has 46 heavy (non-hydrogen) atoms. The summed E-state index contributed by atoms with van der Waals surface area (Å²) in [7, 11) is 0. The molecule has 0 bridgehead atoms. The van der Waals surface area contributed by atoms with E-state index in [4.69, 9.17) is 50.8 Å². The van der Waals surface area contributed by atoms with E-state index >= 15 is 0 Å². The highest BCUT2D eigenvalue weighted by molar-refractivity contribution is 7.95. The highest BCUT2D eigenvalue weighted by Gasteiger charge is 2.39. The standard InChI is InChI=1S/C22H36FN5O9S.4F2/c1-3-24-21(33)36-13-15(14-37-22(34)25-4-2)35-11-5-6-17(29)26-8-9-27-18(30)7-10-28-19(31)12-16(38-23)20(28)32;4*1-2/h15-16H,3-14H2,1-2H3,(H,24,33)(H,25,34)(H,26,29)(H,27,30);;;;. The van der Waals surface area contributed by atoms with Crippen LogP contribution < -0.4 is 21.3 Å². The Bertz CT molecular complexity index is 824. The van der Waals surface area contributed by atoms with Gasteiger partial charge in [-0.3, -0.25) is 24.1 Å². The Morgan fingerprint density at radius 2 is 1.26 bits per heavy atom. The van der Waals surface area contributed by atoms with Crippen molar-refractivity contribution in [1.82, 2.24) is 26.2 Å². The summed E-state index contributed by atoms with van der Waals surface area (Å²) in [5.41, 5.74) is 0. The highest BCUT2D eigenvalue weighted by atomic mass is 32.2. The lowest BCUT2D eigenvalue weighted by Gasteiger charge is -2.18. The fraction of sp³-hybridized carbons (Fsp3) is 0.727. The number of carbonyl (C=O) groups excluding carboxylic acids is 6. The summed E-state index contributed by atoms with van der Waals surface area (Å²) in [5, 5.41) is 9.09. The van der Waals surface area contributed by atoms with Crippen molar-refractivity contribution >= 4 is 48.0 Å². The van der Waals surface area contributed by atoms with Crippen molar-refractivity contribution in [1.29, 1.82) is 0 Å². The van der Waals surface area contributed by atoms with E-state index in [0.29, 0.717) is 19.5 Å². The summed E-state index contributed by atoms with van der Waals surface area (Å²) in [6, 6.07) is 0. The van der Waals surface area contributed by atoms with Gasteiger partial charge in [-0.1, -0.05) is 0 Å². The summed E-state index contributed by atoms with van der Waals surface area (Å²) in [6.45, 7) is 4.27. The zero-order valence-corrected chi connectivity index (χ0v) is 25.4. The molecule has 272 valence electrons. The van der Waals surface area contributed by atoms with Crippen molar-refractivity contribution in [3.8, 4) is 0 Å². The largest absolute Gasteiger partial charge is 0.447 e. The van der Waals surface area contributed by atoms with Gasteiger partial charge in [0.05, 0.1) is 18.6 Å². The molecule has 24 heteroatoms. The molecule has 1 fully saturated rings. The zero-order chi connectivity index (χ0) is 36.3. The summed E-state index contributed by atoms with van der Waals surface area (Å²) < 4.78 is 92.2. The van der Waals surface area contributed by atoms with E-state index in [0.717, 1.165) is 4.90 Å². The fourth-order valence-electron chi connectivity index (χ4n) is 3.11. The van der Waals surface area contributed by atoms with E-state index in [1.807, 2.05) is 0 Å². The predicted molar refractivity (Wildman–Crippen MR) is 142 cm³/mol. The van der Waals surface area contributed by atoms with Gasteiger partial charge in [-0.05, 0) is 20.3 Å². The van der Waals surface area contributed by atoms with Crippen LogP contribution in [0.3, 0.4) is 0 Å². The summed E-state index contributed by atoms with van der Waals surface area (Å²) >= 11 is -0.182. The monoisotopic (exact) mass is 717 g/mol. The van der Waals surface area contributed by atoms with E-state index < -0.39 is 41.3 Å². The van der Waals surface area contributed by atoms with Crippen LogP contribution in [-0.4, -0.2) is 105 Å². The molecule has 14 nitrogen and oxygen atoms in total. The Balaban J connectivity index is -0.00000102. The number of ether oxygens (including phenoxy) is 3. The normalized spacial score (nSPS) is 12.8. The molecule has 1 atom stereocenters. The van der Waals surface area contributed by atoms with E-state index in [9.17, 15) is 32.7 Å². The maximum Gasteiger partial charge on any atom is 0.407 e. The fourth-order valence-corrected chi connectivity index (χ4v) is 3.52. The molecule has 0 aromatic carbocycles. The van der Waals surface area contributed by atoms with E-state index in [1.54, 1.807) is 13.8 Å².